The van der Waals surface area contributed by atoms with Crippen molar-refractivity contribution in [2.24, 2.45) is 0 Å². The molecule has 0 amide bonds. The maximum atomic E-state index is 12.3. The van der Waals surface area contributed by atoms with Gasteiger partial charge in [-0.25, -0.2) is 0 Å². The average Bonchev–Trinajstić information content (AvgIpc) is 2.15. The molecule has 0 unspecified atom stereocenters. The lowest BCUT2D eigenvalue weighted by Gasteiger charge is -2.07. The minimum Gasteiger partial charge on any atom is -0.392 e. The van der Waals surface area contributed by atoms with E-state index in [1.54, 1.807) is 0 Å². The Hall–Kier alpha value is -1.70. The highest BCUT2D eigenvalue weighted by atomic mass is 19.4. The van der Waals surface area contributed by atoms with E-state index in [0.29, 0.717) is 6.07 Å². The predicted octanol–water partition coefficient (Wildman–Crippen LogP) is 1.50. The van der Waals surface area contributed by atoms with E-state index in [0.717, 1.165) is 6.20 Å². The molecule has 0 atom stereocenters. The van der Waals surface area contributed by atoms with Gasteiger partial charge in [0.15, 0.2) is 5.56 Å². The molecule has 1 N–H and O–H groups in total. The van der Waals surface area contributed by atoms with E-state index in [4.69, 9.17) is 5.11 Å². The number of hydrogen-bond donors (Lipinski definition) is 1. The summed E-state index contributed by atoms with van der Waals surface area (Å²) in [4.78, 5) is 12.1. The van der Waals surface area contributed by atoms with E-state index in [-0.39, 0.29) is 5.56 Å². The first-order valence-corrected chi connectivity index (χ1v) is 3.67. The summed E-state index contributed by atoms with van der Waals surface area (Å²) in [5.74, 6) is -1.26. The quantitative estimate of drug-likeness (QED) is 0.607. The molecule has 0 aliphatic rings. The smallest absolute Gasteiger partial charge is 0.392 e. The van der Waals surface area contributed by atoms with Gasteiger partial charge >= 0.3 is 12.0 Å². The molecule has 5 nitrogen and oxygen atoms in total. The maximum Gasteiger partial charge on any atom is 0.424 e. The van der Waals surface area contributed by atoms with Gasteiger partial charge in [0, 0.05) is 5.56 Å². The summed E-state index contributed by atoms with van der Waals surface area (Å²) in [6.07, 6.45) is -4.03. The first-order valence-electron chi connectivity index (χ1n) is 3.67. The molecule has 1 heterocycles. The number of aliphatic hydroxyl groups is 1. The van der Waals surface area contributed by atoms with Crippen LogP contribution in [-0.4, -0.2) is 15.0 Å². The standard InChI is InChI=1S/C7H5F3N2O3/c8-7(9,10)5-1-4(3-13)2-11-6(5)12(14)15/h1-2,13H,3H2. The van der Waals surface area contributed by atoms with Gasteiger partial charge in [-0.1, -0.05) is 0 Å². The van der Waals surface area contributed by atoms with Crippen molar-refractivity contribution in [1.29, 1.82) is 0 Å². The summed E-state index contributed by atoms with van der Waals surface area (Å²) < 4.78 is 36.9. The third-order valence-electron chi connectivity index (χ3n) is 1.58. The van der Waals surface area contributed by atoms with Gasteiger partial charge in [0.05, 0.1) is 6.61 Å². The van der Waals surface area contributed by atoms with Crippen LogP contribution in [0, 0.1) is 10.1 Å². The lowest BCUT2D eigenvalue weighted by molar-refractivity contribution is -0.392. The molecule has 1 rings (SSSR count). The number of aromatic nitrogens is 1. The van der Waals surface area contributed by atoms with E-state index >= 15 is 0 Å². The second-order valence-electron chi connectivity index (χ2n) is 2.63. The van der Waals surface area contributed by atoms with Crippen molar-refractivity contribution in [3.8, 4) is 0 Å². The molecule has 0 aliphatic heterocycles. The summed E-state index contributed by atoms with van der Waals surface area (Å²) in [5, 5.41) is 18.8. The highest BCUT2D eigenvalue weighted by Crippen LogP contribution is 2.35. The van der Waals surface area contributed by atoms with E-state index in [2.05, 4.69) is 4.98 Å². The highest BCUT2D eigenvalue weighted by Gasteiger charge is 2.39. The molecule has 0 radical (unpaired) electrons. The van der Waals surface area contributed by atoms with Crippen LogP contribution in [0.2, 0.25) is 0 Å². The number of nitrogens with zero attached hydrogens (tertiary/aromatic N) is 2. The SMILES string of the molecule is O=[N+]([O-])c1ncc(CO)cc1C(F)(F)F. The first-order chi connectivity index (χ1) is 6.86. The fraction of sp³-hybridized carbons (Fsp3) is 0.286. The average molecular weight is 222 g/mol. The van der Waals surface area contributed by atoms with Crippen LogP contribution in [0.4, 0.5) is 19.0 Å². The number of aliphatic hydroxyl groups excluding tert-OH is 1. The molecule has 1 aromatic rings. The molecule has 0 saturated carbocycles. The molecule has 0 bridgehead atoms. The number of nitro groups is 1. The molecule has 15 heavy (non-hydrogen) atoms. The maximum absolute atomic E-state index is 12.3. The summed E-state index contributed by atoms with van der Waals surface area (Å²) >= 11 is 0. The molecule has 1 aromatic heterocycles. The molecule has 0 aliphatic carbocycles. The zero-order chi connectivity index (χ0) is 11.6. The lowest BCUT2D eigenvalue weighted by Crippen LogP contribution is -2.11. The molecular weight excluding hydrogens is 217 g/mol. The van der Waals surface area contributed by atoms with Crippen LogP contribution in [0.15, 0.2) is 12.3 Å². The third-order valence-corrected chi connectivity index (χ3v) is 1.58. The summed E-state index contributed by atoms with van der Waals surface area (Å²) in [6, 6.07) is 0.505. The van der Waals surface area contributed by atoms with Crippen molar-refractivity contribution in [3.05, 3.63) is 33.5 Å². The van der Waals surface area contributed by atoms with Gasteiger partial charge < -0.3 is 15.2 Å². The molecule has 0 saturated heterocycles. The van der Waals surface area contributed by atoms with Crippen molar-refractivity contribution < 1.29 is 23.2 Å². The monoisotopic (exact) mass is 222 g/mol. The number of pyridine rings is 1. The van der Waals surface area contributed by atoms with Crippen LogP contribution in [-0.2, 0) is 12.8 Å². The van der Waals surface area contributed by atoms with Crippen LogP contribution in [0.1, 0.15) is 11.1 Å². The van der Waals surface area contributed by atoms with Gasteiger partial charge in [0.25, 0.3) is 0 Å². The number of hydrogen-bond acceptors (Lipinski definition) is 4. The lowest BCUT2D eigenvalue weighted by atomic mass is 10.2. The largest absolute Gasteiger partial charge is 0.424 e. The Morgan fingerprint density at radius 3 is 2.53 bits per heavy atom. The third kappa shape index (κ3) is 2.40. The molecule has 82 valence electrons. The molecule has 0 fully saturated rings. The summed E-state index contributed by atoms with van der Waals surface area (Å²) in [7, 11) is 0. The Bertz CT molecular complexity index is 392. The van der Waals surface area contributed by atoms with Gasteiger partial charge in [0.1, 0.15) is 6.20 Å². The second-order valence-corrected chi connectivity index (χ2v) is 2.63. The molecule has 8 heteroatoms. The van der Waals surface area contributed by atoms with Crippen LogP contribution < -0.4 is 0 Å². The van der Waals surface area contributed by atoms with Crippen LogP contribution >= 0.6 is 0 Å². The minimum absolute atomic E-state index is 0.132. The Kier molecular flexibility index (Phi) is 2.89. The van der Waals surface area contributed by atoms with Crippen molar-refractivity contribution in [3.63, 3.8) is 0 Å². The van der Waals surface area contributed by atoms with Crippen LogP contribution in [0.5, 0.6) is 0 Å². The van der Waals surface area contributed by atoms with E-state index in [1.807, 2.05) is 0 Å². The number of alkyl halides is 3. The normalized spacial score (nSPS) is 11.5. The van der Waals surface area contributed by atoms with E-state index in [1.165, 1.54) is 0 Å². The van der Waals surface area contributed by atoms with Gasteiger partial charge in [0.2, 0.25) is 0 Å². The predicted molar refractivity (Wildman–Crippen MR) is 41.8 cm³/mol. The van der Waals surface area contributed by atoms with Gasteiger partial charge in [-0.3, -0.25) is 0 Å². The fourth-order valence-corrected chi connectivity index (χ4v) is 0.941. The fourth-order valence-electron chi connectivity index (χ4n) is 0.941. The van der Waals surface area contributed by atoms with E-state index < -0.39 is 29.1 Å². The molecular formula is C7H5F3N2O3. The van der Waals surface area contributed by atoms with Crippen molar-refractivity contribution in [1.82, 2.24) is 4.98 Å². The highest BCUT2D eigenvalue weighted by molar-refractivity contribution is 5.37. The van der Waals surface area contributed by atoms with E-state index in [9.17, 15) is 23.3 Å². The van der Waals surface area contributed by atoms with Crippen molar-refractivity contribution >= 4 is 5.82 Å². The van der Waals surface area contributed by atoms with Crippen LogP contribution in [0.25, 0.3) is 0 Å². The van der Waals surface area contributed by atoms with Gasteiger partial charge in [-0.15, -0.1) is 0 Å². The van der Waals surface area contributed by atoms with Crippen molar-refractivity contribution in [2.45, 2.75) is 12.8 Å². The number of halogens is 3. The Morgan fingerprint density at radius 2 is 2.13 bits per heavy atom. The zero-order valence-corrected chi connectivity index (χ0v) is 7.15. The zero-order valence-electron chi connectivity index (χ0n) is 7.15. The van der Waals surface area contributed by atoms with Gasteiger partial charge in [-0.05, 0) is 16.0 Å². The second kappa shape index (κ2) is 3.81. The minimum atomic E-state index is -4.86. The Labute approximate surface area is 81.3 Å². The van der Waals surface area contributed by atoms with Gasteiger partial charge in [-0.2, -0.15) is 13.2 Å². The number of rotatable bonds is 2. The Balaban J connectivity index is 3.36. The topological polar surface area (TPSA) is 76.3 Å². The summed E-state index contributed by atoms with van der Waals surface area (Å²) in [6.45, 7) is -0.659. The Morgan fingerprint density at radius 1 is 1.53 bits per heavy atom. The van der Waals surface area contributed by atoms with Crippen molar-refractivity contribution in [2.75, 3.05) is 0 Å². The first kappa shape index (κ1) is 11.4. The molecule has 0 aromatic carbocycles. The van der Waals surface area contributed by atoms with Crippen LogP contribution in [0.3, 0.4) is 0 Å². The molecule has 0 spiro atoms. The summed E-state index contributed by atoms with van der Waals surface area (Å²) in [5.41, 5.74) is -1.59.